The van der Waals surface area contributed by atoms with Gasteiger partial charge in [0.25, 0.3) is 0 Å². The molecule has 0 unspecified atom stereocenters. The molecule has 11 aromatic carbocycles. The van der Waals surface area contributed by atoms with Gasteiger partial charge in [0.05, 0.1) is 5.69 Å². The molecule has 0 saturated heterocycles. The summed E-state index contributed by atoms with van der Waals surface area (Å²) in [6, 6.07) is 84.2. The van der Waals surface area contributed by atoms with E-state index in [2.05, 4.69) is 247 Å². The molecular weight excluding hydrogens is 817 g/mol. The van der Waals surface area contributed by atoms with Gasteiger partial charge in [-0.2, -0.15) is 0 Å². The first-order chi connectivity index (χ1) is 32.5. The highest BCUT2D eigenvalue weighted by molar-refractivity contribution is 7.03. The van der Waals surface area contributed by atoms with E-state index in [-0.39, 0.29) is 0 Å². The van der Waals surface area contributed by atoms with Gasteiger partial charge in [0.2, 0.25) is 0 Å². The highest BCUT2D eigenvalue weighted by Gasteiger charge is 2.37. The number of hydrogen-bond acceptors (Lipinski definition) is 3. The maximum absolute atomic E-state index is 6.67. The average molecular weight is 861 g/mol. The number of fused-ring (bicyclic) bond motifs is 9. The zero-order valence-corrected chi connectivity index (χ0v) is 37.7. The summed E-state index contributed by atoms with van der Waals surface area (Å²) in [4.78, 5) is 4.71. The fourth-order valence-corrected chi connectivity index (χ4v) is 14.0. The van der Waals surface area contributed by atoms with Crippen molar-refractivity contribution in [1.29, 1.82) is 0 Å². The molecule has 0 N–H and O–H groups in total. The van der Waals surface area contributed by atoms with E-state index < -0.39 is 8.07 Å². The number of anilines is 6. The van der Waals surface area contributed by atoms with Crippen LogP contribution in [-0.4, -0.2) is 8.07 Å². The fraction of sp³-hybridized carbons (Fsp3) is 0.0323. The van der Waals surface area contributed by atoms with Gasteiger partial charge in [-0.1, -0.05) is 159 Å². The molecule has 1 aliphatic rings. The van der Waals surface area contributed by atoms with Gasteiger partial charge < -0.3 is 14.2 Å². The van der Waals surface area contributed by atoms with Crippen LogP contribution >= 0.6 is 0 Å². The van der Waals surface area contributed by atoms with E-state index in [4.69, 9.17) is 4.42 Å². The summed E-state index contributed by atoms with van der Waals surface area (Å²) in [7, 11) is -2.27. The van der Waals surface area contributed by atoms with E-state index in [0.717, 1.165) is 56.1 Å². The Morgan fingerprint density at radius 1 is 0.333 bits per heavy atom. The van der Waals surface area contributed by atoms with Crippen LogP contribution in [0.2, 0.25) is 13.1 Å². The smallest absolute Gasteiger partial charge is 0.159 e. The lowest BCUT2D eigenvalue weighted by molar-refractivity contribution is 0.669. The quantitative estimate of drug-likeness (QED) is 0.118. The lowest BCUT2D eigenvalue weighted by Crippen LogP contribution is -2.56. The Morgan fingerprint density at radius 2 is 0.864 bits per heavy atom. The van der Waals surface area contributed by atoms with Crippen LogP contribution in [0.1, 0.15) is 0 Å². The van der Waals surface area contributed by atoms with Crippen LogP contribution in [0.25, 0.3) is 76.5 Å². The Morgan fingerprint density at radius 3 is 1.58 bits per heavy atom. The molecule has 0 atom stereocenters. The summed E-state index contributed by atoms with van der Waals surface area (Å²) in [5.41, 5.74) is 13.5. The van der Waals surface area contributed by atoms with Crippen molar-refractivity contribution < 1.29 is 4.42 Å². The van der Waals surface area contributed by atoms with E-state index in [1.807, 2.05) is 6.07 Å². The standard InChI is InChI=1S/C62H44N2OSi/c1-66(2)59-31-17-27-51-55-39-53(41-32-34-45(35-33-41)63(42-18-6-3-7-19-42)43-20-8-4-9-21-43)47-24-12-13-25-48(47)54(55)40-56(61(51)59)50-37-36-46(38-60(50)66)64(44-22-10-5-11-23-44)57-29-16-28-52-49-26-14-15-30-58(49)65-62(52)57/h3-40H,1-2H3. The minimum absolute atomic E-state index is 0.891. The predicted octanol–water partition coefficient (Wildman–Crippen LogP) is 16.5. The van der Waals surface area contributed by atoms with Crippen molar-refractivity contribution in [3.8, 4) is 22.3 Å². The molecule has 0 spiro atoms. The largest absolute Gasteiger partial charge is 0.454 e. The molecule has 0 aliphatic carbocycles. The van der Waals surface area contributed by atoms with Crippen molar-refractivity contribution in [2.45, 2.75) is 13.1 Å². The molecule has 3 nitrogen and oxygen atoms in total. The molecule has 0 radical (unpaired) electrons. The summed E-state index contributed by atoms with van der Waals surface area (Å²) in [5.74, 6) is 0. The van der Waals surface area contributed by atoms with Crippen LogP contribution < -0.4 is 20.2 Å². The Kier molecular flexibility index (Phi) is 8.67. The number of hydrogen-bond donors (Lipinski definition) is 0. The molecule has 0 fully saturated rings. The minimum Gasteiger partial charge on any atom is -0.454 e. The first-order valence-corrected chi connectivity index (χ1v) is 25.8. The Bertz CT molecular complexity index is 3800. The minimum atomic E-state index is -2.27. The monoisotopic (exact) mass is 860 g/mol. The van der Waals surface area contributed by atoms with Gasteiger partial charge in [0.15, 0.2) is 5.58 Å². The van der Waals surface area contributed by atoms with Gasteiger partial charge in [0.1, 0.15) is 13.7 Å². The van der Waals surface area contributed by atoms with Gasteiger partial charge in [-0.3, -0.25) is 0 Å². The Labute approximate surface area is 385 Å². The van der Waals surface area contributed by atoms with Crippen molar-refractivity contribution in [1.82, 2.24) is 0 Å². The Balaban J connectivity index is 0.981. The first-order valence-electron chi connectivity index (χ1n) is 22.8. The molecule has 1 aliphatic heterocycles. The molecule has 66 heavy (non-hydrogen) atoms. The van der Waals surface area contributed by atoms with Gasteiger partial charge >= 0.3 is 0 Å². The summed E-state index contributed by atoms with van der Waals surface area (Å²) in [5, 5.41) is 13.0. The summed E-state index contributed by atoms with van der Waals surface area (Å²) >= 11 is 0. The van der Waals surface area contributed by atoms with Gasteiger partial charge in [0, 0.05) is 39.2 Å². The highest BCUT2D eigenvalue weighted by atomic mass is 28.3. The third-order valence-electron chi connectivity index (χ3n) is 14.0. The third kappa shape index (κ3) is 5.89. The van der Waals surface area contributed by atoms with Crippen LogP contribution in [0.4, 0.5) is 34.1 Å². The molecule has 0 bridgehead atoms. The second kappa shape index (κ2) is 14.9. The second-order valence-electron chi connectivity index (χ2n) is 18.0. The fourth-order valence-electron chi connectivity index (χ4n) is 10.9. The van der Waals surface area contributed by atoms with Crippen LogP contribution in [0, 0.1) is 0 Å². The Hall–Kier alpha value is -8.18. The van der Waals surface area contributed by atoms with Gasteiger partial charge in [-0.25, -0.2) is 0 Å². The SMILES string of the molecule is C[Si]1(C)c2cc(N(c3ccccc3)c3cccc4c3oc3ccccc34)ccc2-c2cc3c4ccccc4c(-c4ccc(N(c5ccccc5)c5ccccc5)cc4)cc3c3cccc1c23. The summed E-state index contributed by atoms with van der Waals surface area (Å²) in [6.07, 6.45) is 0. The number of benzene rings is 11. The molecule has 2 heterocycles. The van der Waals surface area contributed by atoms with Gasteiger partial charge in [-0.15, -0.1) is 0 Å². The molecule has 13 rings (SSSR count). The molecule has 12 aromatic rings. The third-order valence-corrected chi connectivity index (χ3v) is 17.5. The van der Waals surface area contributed by atoms with E-state index >= 15 is 0 Å². The van der Waals surface area contributed by atoms with Crippen LogP contribution in [0.15, 0.2) is 235 Å². The topological polar surface area (TPSA) is 19.6 Å². The molecular formula is C62H44N2OSi. The molecule has 1 aromatic heterocycles. The molecule has 0 saturated carbocycles. The van der Waals surface area contributed by atoms with Gasteiger partial charge in [-0.05, 0) is 150 Å². The molecule has 312 valence electrons. The van der Waals surface area contributed by atoms with Crippen LogP contribution in [0.3, 0.4) is 0 Å². The van der Waals surface area contributed by atoms with Crippen molar-refractivity contribution in [3.05, 3.63) is 231 Å². The predicted molar refractivity (Wildman–Crippen MR) is 283 cm³/mol. The van der Waals surface area contributed by atoms with E-state index in [9.17, 15) is 0 Å². The normalized spacial score (nSPS) is 12.8. The number of para-hydroxylation sites is 5. The lowest BCUT2D eigenvalue weighted by Gasteiger charge is -2.35. The number of nitrogens with zero attached hydrogens (tertiary/aromatic N) is 2. The number of furan rings is 1. The lowest BCUT2D eigenvalue weighted by atomic mass is 9.87. The van der Waals surface area contributed by atoms with Crippen molar-refractivity contribution in [3.63, 3.8) is 0 Å². The number of rotatable bonds is 7. The van der Waals surface area contributed by atoms with Crippen LogP contribution in [-0.2, 0) is 0 Å². The molecule has 0 amide bonds. The zero-order valence-electron chi connectivity index (χ0n) is 36.7. The average Bonchev–Trinajstić information content (AvgIpc) is 3.76. The second-order valence-corrected chi connectivity index (χ2v) is 22.4. The summed E-state index contributed by atoms with van der Waals surface area (Å²) in [6.45, 7) is 5.07. The maximum atomic E-state index is 6.67. The zero-order chi connectivity index (χ0) is 43.9. The van der Waals surface area contributed by atoms with E-state index in [0.29, 0.717) is 0 Å². The first kappa shape index (κ1) is 38.3. The highest BCUT2D eigenvalue weighted by Crippen LogP contribution is 2.46. The van der Waals surface area contributed by atoms with E-state index in [1.54, 1.807) is 0 Å². The summed E-state index contributed by atoms with van der Waals surface area (Å²) < 4.78 is 6.67. The van der Waals surface area contributed by atoms with E-state index in [1.165, 1.54) is 64.9 Å². The molecule has 4 heteroatoms. The maximum Gasteiger partial charge on any atom is 0.159 e. The van der Waals surface area contributed by atoms with Crippen molar-refractivity contribution in [2.75, 3.05) is 9.80 Å². The van der Waals surface area contributed by atoms with Crippen molar-refractivity contribution in [2.24, 2.45) is 0 Å². The van der Waals surface area contributed by atoms with Crippen LogP contribution in [0.5, 0.6) is 0 Å². The van der Waals surface area contributed by atoms with Crippen molar-refractivity contribution >= 4 is 107 Å².